The smallest absolute Gasteiger partial charge is 0.0857 e. The number of hydrogen-bond acceptors (Lipinski definition) is 0. The summed E-state index contributed by atoms with van der Waals surface area (Å²) in [5, 5.41) is 0. The molecule has 0 heterocycles. The van der Waals surface area contributed by atoms with Crippen LogP contribution in [0.4, 0.5) is 0 Å². The molecular formula is C5H7B. The Morgan fingerprint density at radius 2 is 1.67 bits per heavy atom. The minimum absolute atomic E-state index is 0.685. The Balaban J connectivity index is 2.60. The molecule has 0 nitrogen and oxygen atoms in total. The average molecular weight is 77.9 g/mol. The number of hydrogen-bond donors (Lipinski definition) is 0. The standard InChI is InChI=1S/C5H7B/c6-5-3-1-2-4-5/h1-5H,6H2. The van der Waals surface area contributed by atoms with E-state index in [-0.39, 0.29) is 0 Å². The van der Waals surface area contributed by atoms with Crippen molar-refractivity contribution >= 4 is 7.85 Å². The summed E-state index contributed by atoms with van der Waals surface area (Å²) in [6.07, 6.45) is 8.48. The highest BCUT2D eigenvalue weighted by molar-refractivity contribution is 6.14. The molecule has 0 bridgehead atoms. The van der Waals surface area contributed by atoms with Gasteiger partial charge >= 0.3 is 0 Å². The maximum atomic E-state index is 2.17. The van der Waals surface area contributed by atoms with Crippen LogP contribution in [0.3, 0.4) is 0 Å². The van der Waals surface area contributed by atoms with Gasteiger partial charge in [0, 0.05) is 0 Å². The monoisotopic (exact) mass is 78.1 g/mol. The predicted octanol–water partition coefficient (Wildman–Crippen LogP) is 0.534. The van der Waals surface area contributed by atoms with Crippen molar-refractivity contribution in [3.05, 3.63) is 24.3 Å². The normalized spacial score (nSPS) is 20.0. The number of allylic oxidation sites excluding steroid dienone is 4. The van der Waals surface area contributed by atoms with Gasteiger partial charge in [-0.3, -0.25) is 0 Å². The summed E-state index contributed by atoms with van der Waals surface area (Å²) in [4.78, 5) is 0. The molecule has 0 aromatic heterocycles. The molecule has 0 aromatic rings. The molecule has 0 spiro atoms. The molecule has 0 fully saturated rings. The first kappa shape index (κ1) is 3.73. The fourth-order valence-corrected chi connectivity index (χ4v) is 0.543. The van der Waals surface area contributed by atoms with Gasteiger partial charge in [-0.15, -0.1) is 0 Å². The van der Waals surface area contributed by atoms with Gasteiger partial charge in [0.05, 0.1) is 0 Å². The Hall–Kier alpha value is -0.455. The predicted molar refractivity (Wildman–Crippen MR) is 30.6 cm³/mol. The summed E-state index contributed by atoms with van der Waals surface area (Å²) < 4.78 is 0. The van der Waals surface area contributed by atoms with Crippen molar-refractivity contribution < 1.29 is 0 Å². The highest BCUT2D eigenvalue weighted by atomic mass is 13.9. The summed E-state index contributed by atoms with van der Waals surface area (Å²) in [7, 11) is 2.17. The van der Waals surface area contributed by atoms with Crippen LogP contribution in [0.25, 0.3) is 0 Å². The number of rotatable bonds is 0. The zero-order valence-corrected chi connectivity index (χ0v) is 3.89. The fraction of sp³-hybridized carbons (Fsp3) is 0.200. The zero-order valence-electron chi connectivity index (χ0n) is 3.89. The molecule has 0 aromatic carbocycles. The second-order valence-corrected chi connectivity index (χ2v) is 1.63. The lowest BCUT2D eigenvalue weighted by Gasteiger charge is -1.83. The molecule has 0 atom stereocenters. The van der Waals surface area contributed by atoms with Gasteiger partial charge in [-0.2, -0.15) is 0 Å². The third kappa shape index (κ3) is 0.536. The van der Waals surface area contributed by atoms with Gasteiger partial charge in [-0.1, -0.05) is 24.3 Å². The van der Waals surface area contributed by atoms with Gasteiger partial charge < -0.3 is 0 Å². The van der Waals surface area contributed by atoms with Crippen molar-refractivity contribution in [2.45, 2.75) is 5.82 Å². The first-order valence-corrected chi connectivity index (χ1v) is 2.24. The lowest BCUT2D eigenvalue weighted by Crippen LogP contribution is -1.71. The highest BCUT2D eigenvalue weighted by Gasteiger charge is 1.90. The fourth-order valence-electron chi connectivity index (χ4n) is 0.543. The van der Waals surface area contributed by atoms with Crippen LogP contribution in [-0.2, 0) is 0 Å². The van der Waals surface area contributed by atoms with Crippen LogP contribution in [0.15, 0.2) is 24.3 Å². The Bertz CT molecular complexity index is 80.1. The van der Waals surface area contributed by atoms with Gasteiger partial charge in [0.15, 0.2) is 0 Å². The molecule has 30 valence electrons. The SMILES string of the molecule is BC1C=CC=C1. The van der Waals surface area contributed by atoms with Gasteiger partial charge in [-0.25, -0.2) is 0 Å². The van der Waals surface area contributed by atoms with Crippen LogP contribution in [0.1, 0.15) is 0 Å². The first-order valence-electron chi connectivity index (χ1n) is 2.24. The van der Waals surface area contributed by atoms with Gasteiger partial charge in [0.2, 0.25) is 0 Å². The van der Waals surface area contributed by atoms with Gasteiger partial charge in [-0.05, 0) is 5.82 Å². The van der Waals surface area contributed by atoms with E-state index in [1.54, 1.807) is 0 Å². The van der Waals surface area contributed by atoms with Crippen LogP contribution < -0.4 is 0 Å². The molecule has 0 amide bonds. The lowest BCUT2D eigenvalue weighted by atomic mass is 9.90. The molecule has 0 saturated carbocycles. The lowest BCUT2D eigenvalue weighted by molar-refractivity contribution is 1.42. The van der Waals surface area contributed by atoms with Gasteiger partial charge in [0.25, 0.3) is 0 Å². The van der Waals surface area contributed by atoms with Crippen molar-refractivity contribution in [2.24, 2.45) is 0 Å². The molecule has 0 radical (unpaired) electrons. The van der Waals surface area contributed by atoms with Crippen LogP contribution in [-0.4, -0.2) is 7.85 Å². The van der Waals surface area contributed by atoms with E-state index in [0.29, 0.717) is 5.82 Å². The molecule has 0 unspecified atom stereocenters. The van der Waals surface area contributed by atoms with E-state index in [4.69, 9.17) is 0 Å². The Labute approximate surface area is 39.0 Å². The van der Waals surface area contributed by atoms with E-state index in [9.17, 15) is 0 Å². The topological polar surface area (TPSA) is 0 Å². The van der Waals surface area contributed by atoms with E-state index in [0.717, 1.165) is 0 Å². The summed E-state index contributed by atoms with van der Waals surface area (Å²) in [6, 6.07) is 0. The summed E-state index contributed by atoms with van der Waals surface area (Å²) in [5.74, 6) is 0.685. The second-order valence-electron chi connectivity index (χ2n) is 1.63. The first-order chi connectivity index (χ1) is 2.89. The van der Waals surface area contributed by atoms with E-state index >= 15 is 0 Å². The van der Waals surface area contributed by atoms with Crippen LogP contribution >= 0.6 is 0 Å². The van der Waals surface area contributed by atoms with Crippen molar-refractivity contribution in [1.29, 1.82) is 0 Å². The van der Waals surface area contributed by atoms with E-state index in [1.807, 2.05) is 0 Å². The van der Waals surface area contributed by atoms with Crippen molar-refractivity contribution in [3.63, 3.8) is 0 Å². The van der Waals surface area contributed by atoms with E-state index in [2.05, 4.69) is 32.2 Å². The van der Waals surface area contributed by atoms with Crippen LogP contribution in [0, 0.1) is 0 Å². The molecule has 0 saturated heterocycles. The molecule has 6 heavy (non-hydrogen) atoms. The largest absolute Gasteiger partial charge is 0.115 e. The molecular weight excluding hydrogens is 70.9 g/mol. The molecule has 0 N–H and O–H groups in total. The summed E-state index contributed by atoms with van der Waals surface area (Å²) in [6.45, 7) is 0. The summed E-state index contributed by atoms with van der Waals surface area (Å²) in [5.41, 5.74) is 0. The zero-order chi connectivity index (χ0) is 4.41. The third-order valence-electron chi connectivity index (χ3n) is 0.940. The summed E-state index contributed by atoms with van der Waals surface area (Å²) >= 11 is 0. The maximum absolute atomic E-state index is 2.17. The van der Waals surface area contributed by atoms with Crippen molar-refractivity contribution in [3.8, 4) is 0 Å². The van der Waals surface area contributed by atoms with Crippen LogP contribution in [0.2, 0.25) is 5.82 Å². The minimum atomic E-state index is 0.685. The Kier molecular flexibility index (Phi) is 0.828. The molecule has 1 heteroatoms. The Morgan fingerprint density at radius 3 is 1.83 bits per heavy atom. The maximum Gasteiger partial charge on any atom is 0.115 e. The molecule has 0 aliphatic heterocycles. The van der Waals surface area contributed by atoms with Crippen LogP contribution in [0.5, 0.6) is 0 Å². The van der Waals surface area contributed by atoms with E-state index < -0.39 is 0 Å². The molecule has 1 aliphatic carbocycles. The van der Waals surface area contributed by atoms with Crippen molar-refractivity contribution in [2.75, 3.05) is 0 Å². The molecule has 1 rings (SSSR count). The molecule has 1 aliphatic rings. The minimum Gasteiger partial charge on any atom is -0.0857 e. The highest BCUT2D eigenvalue weighted by Crippen LogP contribution is 2.08. The third-order valence-corrected chi connectivity index (χ3v) is 0.940. The quantitative estimate of drug-likeness (QED) is 0.371. The van der Waals surface area contributed by atoms with E-state index in [1.165, 1.54) is 0 Å². The second kappa shape index (κ2) is 1.33. The Morgan fingerprint density at radius 1 is 1.17 bits per heavy atom. The van der Waals surface area contributed by atoms with Crippen molar-refractivity contribution in [1.82, 2.24) is 0 Å². The average Bonchev–Trinajstić information content (AvgIpc) is 1.86. The van der Waals surface area contributed by atoms with Gasteiger partial charge in [0.1, 0.15) is 7.85 Å².